The predicted octanol–water partition coefficient (Wildman–Crippen LogP) is 3.54. The van der Waals surface area contributed by atoms with E-state index >= 15 is 0 Å². The van der Waals surface area contributed by atoms with Gasteiger partial charge in [0.1, 0.15) is 0 Å². The van der Waals surface area contributed by atoms with Crippen molar-refractivity contribution in [3.8, 4) is 6.07 Å². The Hall–Kier alpha value is -0.771. The summed E-state index contributed by atoms with van der Waals surface area (Å²) in [6.45, 7) is 2.22. The summed E-state index contributed by atoms with van der Waals surface area (Å²) >= 11 is 0.465. The summed E-state index contributed by atoms with van der Waals surface area (Å²) in [5, 5.41) is 10.2. The van der Waals surface area contributed by atoms with E-state index in [4.69, 9.17) is 5.26 Å². The van der Waals surface area contributed by atoms with Gasteiger partial charge in [-0.1, -0.05) is 0 Å². The van der Waals surface area contributed by atoms with Crippen molar-refractivity contribution in [2.45, 2.75) is 44.3 Å². The quantitative estimate of drug-likeness (QED) is 0.531. The zero-order valence-electron chi connectivity index (χ0n) is 10.6. The fraction of sp³-hybridized carbons (Fsp3) is 0.533. The molecule has 0 heterocycles. The fourth-order valence-electron chi connectivity index (χ4n) is 1.72. The molecule has 1 aromatic carbocycles. The van der Waals surface area contributed by atoms with Gasteiger partial charge < -0.3 is 0 Å². The Morgan fingerprint density at radius 1 is 1.18 bits per heavy atom. The van der Waals surface area contributed by atoms with Crippen LogP contribution in [0.3, 0.4) is 0 Å². The maximum absolute atomic E-state index is 9.12. The van der Waals surface area contributed by atoms with Gasteiger partial charge >= 0.3 is 111 Å². The molecule has 1 aromatic rings. The van der Waals surface area contributed by atoms with Crippen molar-refractivity contribution in [1.29, 1.82) is 5.26 Å². The van der Waals surface area contributed by atoms with E-state index in [1.807, 2.05) is 6.07 Å². The topological polar surface area (TPSA) is 23.8 Å². The summed E-state index contributed by atoms with van der Waals surface area (Å²) in [5.74, 6) is 0.270. The molecule has 0 saturated heterocycles. The molecule has 0 aliphatic heterocycles. The molecule has 1 rings (SSSR count). The van der Waals surface area contributed by atoms with Crippen molar-refractivity contribution in [2.75, 3.05) is 0 Å². The molecule has 1 nitrogen and oxygen atoms in total. The standard InChI is InChI=1S/C15H21NSe/c1-2-3-4-6-9-14(12-16)13-17-15-10-7-5-8-11-15/h5,7-8,10-11,14H,2-4,6,9,13H2,1H3. The normalized spacial score (nSPS) is 12.0. The number of rotatable bonds is 8. The molecule has 0 aliphatic rings. The summed E-state index contributed by atoms with van der Waals surface area (Å²) in [7, 11) is 0. The fourth-order valence-corrected chi connectivity index (χ4v) is 3.78. The van der Waals surface area contributed by atoms with Crippen LogP contribution in [0, 0.1) is 17.2 Å². The molecule has 0 spiro atoms. The van der Waals surface area contributed by atoms with Crippen LogP contribution >= 0.6 is 0 Å². The van der Waals surface area contributed by atoms with Gasteiger partial charge in [-0.25, -0.2) is 0 Å². The Morgan fingerprint density at radius 2 is 1.94 bits per heavy atom. The van der Waals surface area contributed by atoms with E-state index in [9.17, 15) is 0 Å². The Morgan fingerprint density at radius 3 is 2.59 bits per heavy atom. The third-order valence-corrected chi connectivity index (χ3v) is 5.25. The maximum atomic E-state index is 9.12. The summed E-state index contributed by atoms with van der Waals surface area (Å²) in [4.78, 5) is 0. The van der Waals surface area contributed by atoms with E-state index in [1.54, 1.807) is 0 Å². The molecule has 0 bridgehead atoms. The second-order valence-electron chi connectivity index (χ2n) is 4.30. The molecule has 0 radical (unpaired) electrons. The van der Waals surface area contributed by atoms with Gasteiger partial charge in [0.15, 0.2) is 0 Å². The number of nitriles is 1. The van der Waals surface area contributed by atoms with Gasteiger partial charge in [0.2, 0.25) is 0 Å². The van der Waals surface area contributed by atoms with Gasteiger partial charge in [-0.15, -0.1) is 0 Å². The number of benzene rings is 1. The molecule has 2 heteroatoms. The molecule has 0 amide bonds. The van der Waals surface area contributed by atoms with Crippen LogP contribution in [0.1, 0.15) is 39.0 Å². The molecule has 0 fully saturated rings. The molecular formula is C15H21NSe. The van der Waals surface area contributed by atoms with E-state index in [1.165, 1.54) is 30.1 Å². The Bertz CT molecular complexity index is 329. The molecule has 92 valence electrons. The minimum absolute atomic E-state index is 0.270. The first-order chi connectivity index (χ1) is 8.36. The average Bonchev–Trinajstić information content (AvgIpc) is 2.39. The van der Waals surface area contributed by atoms with Gasteiger partial charge in [-0.05, 0) is 0 Å². The Labute approximate surface area is 111 Å². The molecule has 0 saturated carbocycles. The second-order valence-corrected chi connectivity index (χ2v) is 6.59. The zero-order valence-corrected chi connectivity index (χ0v) is 12.3. The molecule has 0 aromatic heterocycles. The number of hydrogen-bond donors (Lipinski definition) is 0. The van der Waals surface area contributed by atoms with Crippen molar-refractivity contribution in [3.63, 3.8) is 0 Å². The van der Waals surface area contributed by atoms with E-state index in [0.29, 0.717) is 15.0 Å². The summed E-state index contributed by atoms with van der Waals surface area (Å²) in [6.07, 6.45) is 6.17. The van der Waals surface area contributed by atoms with Gasteiger partial charge in [0, 0.05) is 0 Å². The molecule has 17 heavy (non-hydrogen) atoms. The van der Waals surface area contributed by atoms with E-state index < -0.39 is 0 Å². The SMILES string of the molecule is CCCCCCC(C#N)C[Se]c1ccccc1. The van der Waals surface area contributed by atoms with E-state index in [2.05, 4.69) is 37.3 Å². The van der Waals surface area contributed by atoms with Crippen molar-refractivity contribution in [3.05, 3.63) is 30.3 Å². The monoisotopic (exact) mass is 295 g/mol. The summed E-state index contributed by atoms with van der Waals surface area (Å²) < 4.78 is 1.41. The van der Waals surface area contributed by atoms with Gasteiger partial charge in [0.05, 0.1) is 0 Å². The Balaban J connectivity index is 2.21. The van der Waals surface area contributed by atoms with Crippen LogP contribution in [0.5, 0.6) is 0 Å². The third-order valence-electron chi connectivity index (χ3n) is 2.78. The second kappa shape index (κ2) is 9.28. The minimum atomic E-state index is 0.270. The van der Waals surface area contributed by atoms with Crippen LogP contribution in [-0.2, 0) is 0 Å². The molecular weight excluding hydrogens is 273 g/mol. The number of nitrogens with zero attached hydrogens (tertiary/aromatic N) is 1. The van der Waals surface area contributed by atoms with E-state index in [-0.39, 0.29) is 5.92 Å². The average molecular weight is 294 g/mol. The van der Waals surface area contributed by atoms with Crippen LogP contribution in [0.15, 0.2) is 30.3 Å². The number of unbranched alkanes of at least 4 members (excludes halogenated alkanes) is 3. The van der Waals surface area contributed by atoms with Crippen molar-refractivity contribution < 1.29 is 0 Å². The van der Waals surface area contributed by atoms with E-state index in [0.717, 1.165) is 11.7 Å². The molecule has 1 unspecified atom stereocenters. The van der Waals surface area contributed by atoms with Crippen molar-refractivity contribution in [1.82, 2.24) is 0 Å². The molecule has 0 aliphatic carbocycles. The first-order valence-corrected chi connectivity index (χ1v) is 8.51. The predicted molar refractivity (Wildman–Crippen MR) is 74.5 cm³/mol. The first kappa shape index (κ1) is 14.3. The summed E-state index contributed by atoms with van der Waals surface area (Å²) in [6, 6.07) is 13.0. The molecule has 0 N–H and O–H groups in total. The van der Waals surface area contributed by atoms with Gasteiger partial charge in [-0.3, -0.25) is 0 Å². The third kappa shape index (κ3) is 6.51. The zero-order chi connectivity index (χ0) is 12.3. The van der Waals surface area contributed by atoms with Gasteiger partial charge in [0.25, 0.3) is 0 Å². The van der Waals surface area contributed by atoms with Crippen molar-refractivity contribution in [2.24, 2.45) is 5.92 Å². The van der Waals surface area contributed by atoms with Gasteiger partial charge in [-0.2, -0.15) is 0 Å². The van der Waals surface area contributed by atoms with Crippen molar-refractivity contribution >= 4 is 19.4 Å². The van der Waals surface area contributed by atoms with Crippen LogP contribution < -0.4 is 4.46 Å². The van der Waals surface area contributed by atoms with Crippen LogP contribution in [-0.4, -0.2) is 15.0 Å². The molecule has 1 atom stereocenters. The first-order valence-electron chi connectivity index (χ1n) is 6.44. The number of hydrogen-bond acceptors (Lipinski definition) is 1. The van der Waals surface area contributed by atoms with Crippen LogP contribution in [0.4, 0.5) is 0 Å². The van der Waals surface area contributed by atoms with Crippen LogP contribution in [0.25, 0.3) is 0 Å². The summed E-state index contributed by atoms with van der Waals surface area (Å²) in [5.41, 5.74) is 0. The van der Waals surface area contributed by atoms with Crippen LogP contribution in [0.2, 0.25) is 5.32 Å². The Kier molecular flexibility index (Phi) is 7.80.